The molecule has 170 valence electrons. The number of esters is 1. The lowest BCUT2D eigenvalue weighted by molar-refractivity contribution is -0.146. The van der Waals surface area contributed by atoms with Crippen LogP contribution in [0.2, 0.25) is 0 Å². The summed E-state index contributed by atoms with van der Waals surface area (Å²) >= 11 is 0. The van der Waals surface area contributed by atoms with Gasteiger partial charge in [0.15, 0.2) is 11.5 Å². The highest BCUT2D eigenvalue weighted by molar-refractivity contribution is 5.83. The van der Waals surface area contributed by atoms with Crippen LogP contribution in [0.4, 0.5) is 0 Å². The predicted octanol–water partition coefficient (Wildman–Crippen LogP) is 3.96. The number of rotatable bonds is 7. The molecule has 0 spiro atoms. The summed E-state index contributed by atoms with van der Waals surface area (Å²) in [7, 11) is 3.23. The number of amides is 1. The minimum atomic E-state index is -0.273. The van der Waals surface area contributed by atoms with Gasteiger partial charge >= 0.3 is 5.97 Å². The van der Waals surface area contributed by atoms with E-state index in [2.05, 4.69) is 0 Å². The van der Waals surface area contributed by atoms with E-state index in [0.717, 1.165) is 29.5 Å². The lowest BCUT2D eigenvalue weighted by Gasteiger charge is -2.38. The molecule has 2 aliphatic rings. The molecule has 1 aliphatic heterocycles. The standard InChI is InChI=1S/C26H31NO5/c1-4-32-25(28)14-21-20-13-24(31-3)23(30-2)12-19(20)10-18-11-22(21)26(29)27(16-18)15-17-8-6-5-7-9-17/h5-9,12-13,18,21-22H,4,10-11,14-16H2,1-3H3/t18-,21+,22-/m1/s1. The summed E-state index contributed by atoms with van der Waals surface area (Å²) in [5.41, 5.74) is 3.24. The molecular weight excluding hydrogens is 406 g/mol. The van der Waals surface area contributed by atoms with E-state index in [1.807, 2.05) is 47.4 Å². The zero-order valence-electron chi connectivity index (χ0n) is 19.0. The molecule has 0 radical (unpaired) electrons. The molecule has 0 N–H and O–H groups in total. The Kier molecular flexibility index (Phi) is 6.68. The minimum Gasteiger partial charge on any atom is -0.493 e. The number of benzene rings is 2. The first-order valence-electron chi connectivity index (χ1n) is 11.3. The molecule has 1 aliphatic carbocycles. The Balaban J connectivity index is 1.72. The molecular formula is C26H31NO5. The molecule has 1 heterocycles. The molecule has 6 heteroatoms. The van der Waals surface area contributed by atoms with Gasteiger partial charge in [0, 0.05) is 24.9 Å². The van der Waals surface area contributed by atoms with Crippen LogP contribution in [0.5, 0.6) is 11.5 Å². The Labute approximate surface area is 189 Å². The smallest absolute Gasteiger partial charge is 0.306 e. The van der Waals surface area contributed by atoms with E-state index in [0.29, 0.717) is 37.1 Å². The molecule has 2 aromatic carbocycles. The van der Waals surface area contributed by atoms with Gasteiger partial charge in [-0.15, -0.1) is 0 Å². The average molecular weight is 438 g/mol. The van der Waals surface area contributed by atoms with Gasteiger partial charge in [-0.3, -0.25) is 9.59 Å². The normalized spacial score (nSPS) is 22.0. The molecule has 4 rings (SSSR count). The molecule has 3 atom stereocenters. The fourth-order valence-electron chi connectivity index (χ4n) is 5.24. The Bertz CT molecular complexity index is 974. The summed E-state index contributed by atoms with van der Waals surface area (Å²) in [5, 5.41) is 0. The van der Waals surface area contributed by atoms with Gasteiger partial charge in [-0.1, -0.05) is 30.3 Å². The number of piperidine rings is 1. The van der Waals surface area contributed by atoms with Crippen molar-refractivity contribution in [2.45, 2.75) is 38.6 Å². The van der Waals surface area contributed by atoms with Gasteiger partial charge in [-0.2, -0.15) is 0 Å². The fraction of sp³-hybridized carbons (Fsp3) is 0.462. The van der Waals surface area contributed by atoms with Gasteiger partial charge in [0.25, 0.3) is 0 Å². The molecule has 0 aromatic heterocycles. The van der Waals surface area contributed by atoms with Crippen molar-refractivity contribution in [2.75, 3.05) is 27.4 Å². The van der Waals surface area contributed by atoms with E-state index >= 15 is 0 Å². The zero-order chi connectivity index (χ0) is 22.7. The highest BCUT2D eigenvalue weighted by Crippen LogP contribution is 2.46. The highest BCUT2D eigenvalue weighted by Gasteiger charge is 2.43. The predicted molar refractivity (Wildman–Crippen MR) is 121 cm³/mol. The van der Waals surface area contributed by atoms with E-state index in [9.17, 15) is 9.59 Å². The van der Waals surface area contributed by atoms with Crippen LogP contribution in [0.1, 0.15) is 42.4 Å². The Hall–Kier alpha value is -3.02. The van der Waals surface area contributed by atoms with Crippen molar-refractivity contribution in [3.63, 3.8) is 0 Å². The summed E-state index contributed by atoms with van der Waals surface area (Å²) in [6.07, 6.45) is 1.79. The zero-order valence-corrected chi connectivity index (χ0v) is 19.0. The van der Waals surface area contributed by atoms with Crippen molar-refractivity contribution in [3.8, 4) is 11.5 Å². The average Bonchev–Trinajstić information content (AvgIpc) is 2.92. The van der Waals surface area contributed by atoms with Gasteiger partial charge in [0.2, 0.25) is 5.91 Å². The minimum absolute atomic E-state index is 0.113. The summed E-state index contributed by atoms with van der Waals surface area (Å²) < 4.78 is 16.4. The summed E-state index contributed by atoms with van der Waals surface area (Å²) in [6, 6.07) is 14.0. The number of nitrogens with zero attached hydrogens (tertiary/aromatic N) is 1. The third-order valence-electron chi connectivity index (χ3n) is 6.64. The van der Waals surface area contributed by atoms with Gasteiger partial charge in [0.05, 0.1) is 27.2 Å². The van der Waals surface area contributed by atoms with Crippen molar-refractivity contribution < 1.29 is 23.8 Å². The van der Waals surface area contributed by atoms with E-state index in [4.69, 9.17) is 14.2 Å². The van der Waals surface area contributed by atoms with Crippen molar-refractivity contribution in [1.82, 2.24) is 4.90 Å². The number of carbonyl (C=O) groups excluding carboxylic acids is 2. The third kappa shape index (κ3) is 4.45. The maximum Gasteiger partial charge on any atom is 0.306 e. The van der Waals surface area contributed by atoms with Gasteiger partial charge in [0.1, 0.15) is 0 Å². The molecule has 0 saturated carbocycles. The number of methoxy groups -OCH3 is 2. The summed E-state index contributed by atoms with van der Waals surface area (Å²) in [6.45, 7) is 3.42. The molecule has 1 fully saturated rings. The molecule has 2 aromatic rings. The third-order valence-corrected chi connectivity index (χ3v) is 6.64. The molecule has 1 saturated heterocycles. The second-order valence-electron chi connectivity index (χ2n) is 8.64. The van der Waals surface area contributed by atoms with Crippen LogP contribution in [0.15, 0.2) is 42.5 Å². The first-order chi connectivity index (χ1) is 15.5. The van der Waals surface area contributed by atoms with Crippen LogP contribution in [0.25, 0.3) is 0 Å². The van der Waals surface area contributed by atoms with Crippen molar-refractivity contribution in [1.29, 1.82) is 0 Å². The van der Waals surface area contributed by atoms with Crippen molar-refractivity contribution in [3.05, 3.63) is 59.2 Å². The first-order valence-corrected chi connectivity index (χ1v) is 11.3. The van der Waals surface area contributed by atoms with E-state index < -0.39 is 0 Å². The molecule has 2 bridgehead atoms. The first kappa shape index (κ1) is 22.2. The van der Waals surface area contributed by atoms with Gasteiger partial charge in [-0.05, 0) is 54.5 Å². The monoisotopic (exact) mass is 437 g/mol. The largest absolute Gasteiger partial charge is 0.493 e. The number of hydrogen-bond donors (Lipinski definition) is 0. The van der Waals surface area contributed by atoms with E-state index in [1.165, 1.54) is 0 Å². The number of fused-ring (bicyclic) bond motifs is 3. The summed E-state index contributed by atoms with van der Waals surface area (Å²) in [5.74, 6) is 0.938. The number of carbonyl (C=O) groups is 2. The van der Waals surface area contributed by atoms with Crippen LogP contribution >= 0.6 is 0 Å². The number of hydrogen-bond acceptors (Lipinski definition) is 5. The number of ether oxygens (including phenoxy) is 3. The highest BCUT2D eigenvalue weighted by atomic mass is 16.5. The SMILES string of the molecule is CCOC(=O)C[C@H]1c2cc(OC)c(OC)cc2C[C@@H]2C[C@H]1C(=O)N(Cc1ccccc1)C2. The van der Waals surface area contributed by atoms with E-state index in [-0.39, 0.29) is 30.1 Å². The molecule has 1 amide bonds. The molecule has 6 nitrogen and oxygen atoms in total. The van der Waals surface area contributed by atoms with Crippen LogP contribution in [-0.4, -0.2) is 44.1 Å². The second kappa shape index (κ2) is 9.63. The maximum atomic E-state index is 13.6. The van der Waals surface area contributed by atoms with Crippen LogP contribution < -0.4 is 9.47 Å². The summed E-state index contributed by atoms with van der Waals surface area (Å²) in [4.78, 5) is 28.2. The van der Waals surface area contributed by atoms with Crippen LogP contribution in [-0.2, 0) is 27.3 Å². The van der Waals surface area contributed by atoms with Crippen LogP contribution in [0.3, 0.4) is 0 Å². The quantitative estimate of drug-likeness (QED) is 0.614. The Morgan fingerprint density at radius 1 is 1.09 bits per heavy atom. The lowest BCUT2D eigenvalue weighted by Crippen LogP contribution is -2.46. The topological polar surface area (TPSA) is 65.1 Å². The van der Waals surface area contributed by atoms with Crippen LogP contribution in [0, 0.1) is 11.8 Å². The van der Waals surface area contributed by atoms with Gasteiger partial charge in [-0.25, -0.2) is 0 Å². The lowest BCUT2D eigenvalue weighted by atomic mass is 9.78. The van der Waals surface area contributed by atoms with E-state index in [1.54, 1.807) is 21.1 Å². The van der Waals surface area contributed by atoms with Crippen molar-refractivity contribution >= 4 is 11.9 Å². The molecule has 32 heavy (non-hydrogen) atoms. The maximum absolute atomic E-state index is 13.6. The van der Waals surface area contributed by atoms with Gasteiger partial charge < -0.3 is 19.1 Å². The second-order valence-corrected chi connectivity index (χ2v) is 8.64. The fourth-order valence-corrected chi connectivity index (χ4v) is 5.24. The number of likely N-dealkylation sites (tertiary alicyclic amines) is 1. The Morgan fingerprint density at radius 3 is 2.50 bits per heavy atom. The van der Waals surface area contributed by atoms with Crippen molar-refractivity contribution in [2.24, 2.45) is 11.8 Å². The Morgan fingerprint density at radius 2 is 1.81 bits per heavy atom. The molecule has 0 unspecified atom stereocenters.